The Balaban J connectivity index is 1.53. The number of benzene rings is 1. The Morgan fingerprint density at radius 1 is 1.17 bits per heavy atom. The number of likely N-dealkylation sites (N-methyl/N-ethyl adjacent to an activating group) is 1. The summed E-state index contributed by atoms with van der Waals surface area (Å²) in [5, 5.41) is 20.0. The van der Waals surface area contributed by atoms with Crippen LogP contribution in [0.4, 0.5) is 16.3 Å². The first kappa shape index (κ1) is 29.9. The summed E-state index contributed by atoms with van der Waals surface area (Å²) in [6.45, 7) is 14.6. The number of carboxylic acid groups (broad SMARTS) is 1. The van der Waals surface area contributed by atoms with Gasteiger partial charge in [-0.2, -0.15) is 15.2 Å². The zero-order valence-corrected chi connectivity index (χ0v) is 26.0. The second-order valence-corrected chi connectivity index (χ2v) is 13.2. The van der Waals surface area contributed by atoms with Crippen LogP contribution in [0.15, 0.2) is 18.2 Å². The van der Waals surface area contributed by atoms with Gasteiger partial charge in [-0.1, -0.05) is 32.9 Å². The maximum Gasteiger partial charge on any atom is 0.407 e. The molecule has 0 radical (unpaired) electrons. The van der Waals surface area contributed by atoms with Crippen LogP contribution in [0.5, 0.6) is 6.01 Å². The van der Waals surface area contributed by atoms with Crippen molar-refractivity contribution in [2.24, 2.45) is 5.41 Å². The van der Waals surface area contributed by atoms with Gasteiger partial charge in [-0.25, -0.2) is 4.79 Å². The number of amides is 1. The van der Waals surface area contributed by atoms with E-state index in [0.717, 1.165) is 49.4 Å². The van der Waals surface area contributed by atoms with Crippen molar-refractivity contribution >= 4 is 17.6 Å². The Morgan fingerprint density at radius 3 is 2.62 bits per heavy atom. The second-order valence-electron chi connectivity index (χ2n) is 13.2. The van der Waals surface area contributed by atoms with Gasteiger partial charge in [0.1, 0.15) is 12.4 Å². The van der Waals surface area contributed by atoms with Gasteiger partial charge in [0.25, 0.3) is 0 Å². The molecule has 1 aromatic carbocycles. The summed E-state index contributed by atoms with van der Waals surface area (Å²) in [4.78, 5) is 30.8. The SMILES string of the molecule is Cc1cccc(N2CCc3c(nc(OC[C@@H]4CCCN4C)nc3N3CCN(C(=O)O)[C@@](CC#N)(C(C)(C)C)C3)C2)c1C. The van der Waals surface area contributed by atoms with Gasteiger partial charge in [-0.3, -0.25) is 4.90 Å². The van der Waals surface area contributed by atoms with E-state index in [1.165, 1.54) is 21.7 Å². The fraction of sp³-hybridized carbons (Fsp3) is 0.625. The lowest BCUT2D eigenvalue weighted by Gasteiger charge is -2.55. The van der Waals surface area contributed by atoms with E-state index < -0.39 is 17.0 Å². The van der Waals surface area contributed by atoms with Crippen molar-refractivity contribution in [2.75, 3.05) is 56.2 Å². The van der Waals surface area contributed by atoms with Gasteiger partial charge in [-0.15, -0.1) is 0 Å². The fourth-order valence-electron chi connectivity index (χ4n) is 6.92. The predicted octanol–water partition coefficient (Wildman–Crippen LogP) is 4.63. The summed E-state index contributed by atoms with van der Waals surface area (Å²) >= 11 is 0. The molecule has 1 amide bonds. The Morgan fingerprint density at radius 2 is 1.95 bits per heavy atom. The summed E-state index contributed by atoms with van der Waals surface area (Å²) < 4.78 is 6.30. The molecule has 42 heavy (non-hydrogen) atoms. The zero-order chi connectivity index (χ0) is 30.2. The number of hydrogen-bond donors (Lipinski definition) is 1. The van der Waals surface area contributed by atoms with Gasteiger partial charge < -0.3 is 24.5 Å². The standard InChI is InChI=1S/C32H45N7O3/c1-22-9-7-11-27(23(22)2)37-16-12-25-26(19-37)34-29(42-20-24-10-8-15-36(24)6)35-28(25)38-17-18-39(30(40)41)32(21-38,13-14-33)31(3,4)5/h7,9,11,24H,8,10,12-13,15-21H2,1-6H3,(H,40,41)/t24-,32+/m0/s1. The summed E-state index contributed by atoms with van der Waals surface area (Å²) in [5.74, 6) is 0.812. The van der Waals surface area contributed by atoms with Crippen molar-refractivity contribution in [1.82, 2.24) is 19.8 Å². The maximum absolute atomic E-state index is 12.4. The molecule has 1 aromatic heterocycles. The number of ether oxygens (including phenoxy) is 1. The molecule has 4 heterocycles. The number of nitrogens with zero attached hydrogens (tertiary/aromatic N) is 7. The minimum atomic E-state index is -0.988. The average Bonchev–Trinajstić information content (AvgIpc) is 3.36. The molecule has 3 aliphatic heterocycles. The van der Waals surface area contributed by atoms with Crippen LogP contribution in [0.1, 0.15) is 62.4 Å². The maximum atomic E-state index is 12.4. The number of aromatic nitrogens is 2. The predicted molar refractivity (Wildman–Crippen MR) is 163 cm³/mol. The van der Waals surface area contributed by atoms with Crippen LogP contribution < -0.4 is 14.5 Å². The van der Waals surface area contributed by atoms with Crippen molar-refractivity contribution in [3.05, 3.63) is 40.6 Å². The molecule has 1 N–H and O–H groups in total. The molecule has 3 aliphatic rings. The number of hydrogen-bond acceptors (Lipinski definition) is 8. The lowest BCUT2D eigenvalue weighted by atomic mass is 9.69. The number of anilines is 2. The van der Waals surface area contributed by atoms with Crippen LogP contribution >= 0.6 is 0 Å². The smallest absolute Gasteiger partial charge is 0.407 e. The molecule has 0 spiro atoms. The number of carbonyl (C=O) groups is 1. The van der Waals surface area contributed by atoms with Crippen molar-refractivity contribution in [2.45, 2.75) is 78.4 Å². The lowest BCUT2D eigenvalue weighted by molar-refractivity contribution is -0.00290. The Hall–Kier alpha value is -3.58. The molecular weight excluding hydrogens is 530 g/mol. The van der Waals surface area contributed by atoms with Gasteiger partial charge in [0.2, 0.25) is 0 Å². The topological polar surface area (TPSA) is 109 Å². The van der Waals surface area contributed by atoms with Crippen LogP contribution in [0.2, 0.25) is 0 Å². The van der Waals surface area contributed by atoms with Crippen molar-refractivity contribution < 1.29 is 14.6 Å². The van der Waals surface area contributed by atoms with E-state index in [1.54, 1.807) is 0 Å². The largest absolute Gasteiger partial charge is 0.465 e. The Bertz CT molecular complexity index is 1370. The Kier molecular flexibility index (Phi) is 8.26. The lowest BCUT2D eigenvalue weighted by Crippen LogP contribution is -2.69. The quantitative estimate of drug-likeness (QED) is 0.527. The molecule has 2 atom stereocenters. The Labute approximate surface area is 249 Å². The summed E-state index contributed by atoms with van der Waals surface area (Å²) in [6.07, 6.45) is 2.13. The van der Waals surface area contributed by atoms with Crippen molar-refractivity contribution in [1.29, 1.82) is 5.26 Å². The fourth-order valence-corrected chi connectivity index (χ4v) is 6.92. The average molecular weight is 576 g/mol. The number of fused-ring (bicyclic) bond motifs is 1. The third-order valence-corrected chi connectivity index (χ3v) is 9.88. The molecular formula is C32H45N7O3. The molecule has 226 valence electrons. The molecule has 0 saturated carbocycles. The third kappa shape index (κ3) is 5.47. The van der Waals surface area contributed by atoms with E-state index in [1.807, 2.05) is 20.8 Å². The molecule has 0 aliphatic carbocycles. The van der Waals surface area contributed by atoms with Crippen LogP contribution in [-0.4, -0.2) is 88.9 Å². The van der Waals surface area contributed by atoms with Gasteiger partial charge >= 0.3 is 12.1 Å². The first-order valence-electron chi connectivity index (χ1n) is 15.1. The zero-order valence-electron chi connectivity index (χ0n) is 26.0. The molecule has 0 bridgehead atoms. The van der Waals surface area contributed by atoms with Crippen molar-refractivity contribution in [3.63, 3.8) is 0 Å². The number of likely N-dealkylation sites (tertiary alicyclic amines) is 1. The summed E-state index contributed by atoms with van der Waals surface area (Å²) in [7, 11) is 2.13. The molecule has 10 nitrogen and oxygen atoms in total. The second kappa shape index (κ2) is 11.6. The molecule has 0 unspecified atom stereocenters. The minimum Gasteiger partial charge on any atom is -0.465 e. The van der Waals surface area contributed by atoms with Crippen LogP contribution in [-0.2, 0) is 13.0 Å². The van der Waals surface area contributed by atoms with E-state index in [-0.39, 0.29) is 6.42 Å². The third-order valence-electron chi connectivity index (χ3n) is 9.88. The molecule has 2 saturated heterocycles. The molecule has 2 fully saturated rings. The molecule has 5 rings (SSSR count). The normalized spacial score (nSPS) is 23.1. The highest BCUT2D eigenvalue weighted by Crippen LogP contribution is 2.43. The summed E-state index contributed by atoms with van der Waals surface area (Å²) in [6, 6.07) is 9.43. The molecule has 10 heteroatoms. The number of piperazine rings is 1. The van der Waals surface area contributed by atoms with Crippen LogP contribution in [0.3, 0.4) is 0 Å². The summed E-state index contributed by atoms with van der Waals surface area (Å²) in [5.41, 5.74) is 4.42. The van der Waals surface area contributed by atoms with E-state index in [4.69, 9.17) is 14.7 Å². The van der Waals surface area contributed by atoms with E-state index in [9.17, 15) is 15.2 Å². The number of nitriles is 1. The van der Waals surface area contributed by atoms with Gasteiger partial charge in [0.05, 0.1) is 30.3 Å². The van der Waals surface area contributed by atoms with E-state index >= 15 is 0 Å². The minimum absolute atomic E-state index is 0.102. The monoisotopic (exact) mass is 575 g/mol. The number of rotatable bonds is 6. The first-order chi connectivity index (χ1) is 19.9. The van der Waals surface area contributed by atoms with Crippen molar-refractivity contribution in [3.8, 4) is 12.1 Å². The van der Waals surface area contributed by atoms with Gasteiger partial charge in [0.15, 0.2) is 0 Å². The van der Waals surface area contributed by atoms with Crippen LogP contribution in [0.25, 0.3) is 0 Å². The highest BCUT2D eigenvalue weighted by atomic mass is 16.5. The highest BCUT2D eigenvalue weighted by Gasteiger charge is 2.52. The van der Waals surface area contributed by atoms with Crippen LogP contribution in [0, 0.1) is 30.6 Å². The van der Waals surface area contributed by atoms with Gasteiger partial charge in [0, 0.05) is 43.5 Å². The first-order valence-corrected chi connectivity index (χ1v) is 15.1. The highest BCUT2D eigenvalue weighted by molar-refractivity contribution is 5.68. The number of aryl methyl sites for hydroxylation is 1. The molecule has 2 aromatic rings. The van der Waals surface area contributed by atoms with E-state index in [0.29, 0.717) is 44.8 Å². The van der Waals surface area contributed by atoms with E-state index in [2.05, 4.69) is 59.9 Å². The van der Waals surface area contributed by atoms with Gasteiger partial charge in [-0.05, 0) is 69.3 Å².